The highest BCUT2D eigenvalue weighted by molar-refractivity contribution is 6.02. The number of carbonyl (C=O) groups is 2. The maximum Gasteiger partial charge on any atom is 0.326 e. The number of carbonyl (C=O) groups excluding carboxylic acids is 2. The molecule has 34 heavy (non-hydrogen) atoms. The molecule has 0 aromatic heterocycles. The van der Waals surface area contributed by atoms with Crippen molar-refractivity contribution in [3.8, 4) is 0 Å². The van der Waals surface area contributed by atoms with Gasteiger partial charge in [-0.1, -0.05) is 36.8 Å². The lowest BCUT2D eigenvalue weighted by Crippen LogP contribution is -2.39. The molecule has 2 N–H and O–H groups in total. The Morgan fingerprint density at radius 1 is 0.971 bits per heavy atom. The minimum atomic E-state index is -0.108. The number of hydrogen-bond acceptors (Lipinski definition) is 3. The van der Waals surface area contributed by atoms with Crippen molar-refractivity contribution in [2.45, 2.75) is 64.3 Å². The van der Waals surface area contributed by atoms with Gasteiger partial charge in [-0.05, 0) is 81.3 Å². The lowest BCUT2D eigenvalue weighted by atomic mass is 10.0. The van der Waals surface area contributed by atoms with Crippen molar-refractivity contribution in [1.29, 1.82) is 0 Å². The predicted molar refractivity (Wildman–Crippen MR) is 138 cm³/mol. The first kappa shape index (κ1) is 24.3. The van der Waals surface area contributed by atoms with Crippen molar-refractivity contribution in [3.05, 3.63) is 59.7 Å². The van der Waals surface area contributed by atoms with Gasteiger partial charge in [-0.15, -0.1) is 0 Å². The fraction of sp³-hybridized carbons (Fsp3) is 0.500. The Morgan fingerprint density at radius 2 is 1.76 bits per heavy atom. The Bertz CT molecular complexity index is 959. The van der Waals surface area contributed by atoms with Crippen molar-refractivity contribution >= 4 is 23.3 Å². The fourth-order valence-corrected chi connectivity index (χ4v) is 5.05. The number of piperidine rings is 1. The van der Waals surface area contributed by atoms with E-state index < -0.39 is 0 Å². The highest BCUT2D eigenvalue weighted by Gasteiger charge is 2.21. The highest BCUT2D eigenvalue weighted by Crippen LogP contribution is 2.27. The first-order valence-corrected chi connectivity index (χ1v) is 12.9. The number of anilines is 2. The van der Waals surface area contributed by atoms with Crippen LogP contribution in [0.4, 0.5) is 16.2 Å². The van der Waals surface area contributed by atoms with Gasteiger partial charge in [0.1, 0.15) is 0 Å². The van der Waals surface area contributed by atoms with Crippen LogP contribution in [0.15, 0.2) is 48.5 Å². The number of nitrogens with zero attached hydrogens (tertiary/aromatic N) is 2. The highest BCUT2D eigenvalue weighted by atomic mass is 16.2. The van der Waals surface area contributed by atoms with Gasteiger partial charge < -0.3 is 15.5 Å². The zero-order valence-electron chi connectivity index (χ0n) is 20.4. The Balaban J connectivity index is 1.22. The van der Waals surface area contributed by atoms with Crippen LogP contribution in [0.25, 0.3) is 0 Å². The van der Waals surface area contributed by atoms with E-state index in [4.69, 9.17) is 0 Å². The molecule has 2 aliphatic rings. The third kappa shape index (κ3) is 6.60. The van der Waals surface area contributed by atoms with E-state index in [1.807, 2.05) is 47.4 Å². The van der Waals surface area contributed by atoms with Crippen LogP contribution in [0.2, 0.25) is 0 Å². The minimum absolute atomic E-state index is 0.0460. The van der Waals surface area contributed by atoms with E-state index in [0.29, 0.717) is 19.0 Å². The van der Waals surface area contributed by atoms with Crippen LogP contribution in [0.5, 0.6) is 0 Å². The van der Waals surface area contributed by atoms with E-state index in [1.165, 1.54) is 31.4 Å². The lowest BCUT2D eigenvalue weighted by Gasteiger charge is -2.33. The van der Waals surface area contributed by atoms with Crippen molar-refractivity contribution in [3.63, 3.8) is 0 Å². The first-order valence-electron chi connectivity index (χ1n) is 12.9. The molecule has 4 rings (SSSR count). The molecule has 2 aromatic rings. The number of hydrogen-bond donors (Lipinski definition) is 2. The number of amides is 3. The molecule has 6 heteroatoms. The average Bonchev–Trinajstić information content (AvgIpc) is 3.07. The second-order valence-electron chi connectivity index (χ2n) is 9.63. The summed E-state index contributed by atoms with van der Waals surface area (Å²) in [5, 5.41) is 6.07. The SMILES string of the molecule is CC1CCCCN1CCCNC(=O)Cc1ccc(NC(=O)N2CCCCc3ccccc32)cc1. The number of aryl methyl sites for hydroxylation is 1. The molecule has 2 aliphatic heterocycles. The summed E-state index contributed by atoms with van der Waals surface area (Å²) in [6, 6.07) is 16.3. The van der Waals surface area contributed by atoms with Crippen LogP contribution in [0.3, 0.4) is 0 Å². The van der Waals surface area contributed by atoms with Crippen molar-refractivity contribution < 1.29 is 9.59 Å². The molecule has 6 nitrogen and oxygen atoms in total. The standard InChI is InChI=1S/C28H38N4O2/c1-22-9-4-6-18-31(22)19-8-17-29-27(33)21-23-13-15-25(16-14-23)30-28(34)32-20-7-5-11-24-10-2-3-12-26(24)32/h2-3,10,12-16,22H,4-9,11,17-21H2,1H3,(H,29,33)(H,30,34). The number of fused-ring (bicyclic) bond motifs is 1. The molecule has 2 heterocycles. The maximum absolute atomic E-state index is 13.0. The number of rotatable bonds is 7. The Labute approximate surface area is 203 Å². The largest absolute Gasteiger partial charge is 0.356 e. The molecule has 0 spiro atoms. The number of benzene rings is 2. The molecule has 182 valence electrons. The molecule has 1 saturated heterocycles. The third-order valence-electron chi connectivity index (χ3n) is 7.06. The molecular formula is C28H38N4O2. The van der Waals surface area contributed by atoms with Gasteiger partial charge in [0.2, 0.25) is 5.91 Å². The number of nitrogens with one attached hydrogen (secondary N) is 2. The summed E-state index contributed by atoms with van der Waals surface area (Å²) < 4.78 is 0. The summed E-state index contributed by atoms with van der Waals surface area (Å²) >= 11 is 0. The fourth-order valence-electron chi connectivity index (χ4n) is 5.05. The molecule has 0 saturated carbocycles. The summed E-state index contributed by atoms with van der Waals surface area (Å²) in [5.74, 6) is 0.0460. The summed E-state index contributed by atoms with van der Waals surface area (Å²) in [6.07, 6.45) is 8.35. The second kappa shape index (κ2) is 12.0. The molecular weight excluding hydrogens is 424 g/mol. The molecule has 1 atom stereocenters. The van der Waals surface area contributed by atoms with Gasteiger partial charge in [-0.2, -0.15) is 0 Å². The van der Waals surface area contributed by atoms with Gasteiger partial charge in [0, 0.05) is 37.1 Å². The second-order valence-corrected chi connectivity index (χ2v) is 9.63. The van der Waals surface area contributed by atoms with E-state index in [0.717, 1.165) is 55.7 Å². The number of likely N-dealkylation sites (tertiary alicyclic amines) is 1. The predicted octanol–water partition coefficient (Wildman–Crippen LogP) is 4.98. The van der Waals surface area contributed by atoms with Crippen LogP contribution in [-0.2, 0) is 17.6 Å². The topological polar surface area (TPSA) is 64.7 Å². The van der Waals surface area contributed by atoms with Gasteiger partial charge in [-0.3, -0.25) is 9.69 Å². The van der Waals surface area contributed by atoms with Gasteiger partial charge in [0.25, 0.3) is 0 Å². The van der Waals surface area contributed by atoms with Crippen molar-refractivity contribution in [1.82, 2.24) is 10.2 Å². The normalized spacial score (nSPS) is 18.6. The molecule has 2 aromatic carbocycles. The van der Waals surface area contributed by atoms with E-state index >= 15 is 0 Å². The first-order chi connectivity index (χ1) is 16.6. The molecule has 0 radical (unpaired) electrons. The van der Waals surface area contributed by atoms with E-state index in [1.54, 1.807) is 0 Å². The summed E-state index contributed by atoms with van der Waals surface area (Å²) in [5.41, 5.74) is 3.91. The van der Waals surface area contributed by atoms with E-state index in [2.05, 4.69) is 28.5 Å². The van der Waals surface area contributed by atoms with Crippen molar-refractivity contribution in [2.75, 3.05) is 36.4 Å². The van der Waals surface area contributed by atoms with Crippen LogP contribution in [-0.4, -0.2) is 49.1 Å². The van der Waals surface area contributed by atoms with Crippen LogP contribution < -0.4 is 15.5 Å². The maximum atomic E-state index is 13.0. The van der Waals surface area contributed by atoms with Crippen LogP contribution in [0, 0.1) is 0 Å². The Kier molecular flexibility index (Phi) is 8.58. The molecule has 3 amide bonds. The lowest BCUT2D eigenvalue weighted by molar-refractivity contribution is -0.120. The van der Waals surface area contributed by atoms with E-state index in [-0.39, 0.29) is 11.9 Å². The van der Waals surface area contributed by atoms with E-state index in [9.17, 15) is 9.59 Å². The zero-order chi connectivity index (χ0) is 23.8. The monoisotopic (exact) mass is 462 g/mol. The third-order valence-corrected chi connectivity index (χ3v) is 7.06. The summed E-state index contributed by atoms with van der Waals surface area (Å²) in [4.78, 5) is 29.7. The summed E-state index contributed by atoms with van der Waals surface area (Å²) in [7, 11) is 0. The quantitative estimate of drug-likeness (QED) is 0.570. The van der Waals surface area contributed by atoms with Gasteiger partial charge in [-0.25, -0.2) is 4.79 Å². The van der Waals surface area contributed by atoms with Gasteiger partial charge in [0.05, 0.1) is 6.42 Å². The van der Waals surface area contributed by atoms with Crippen LogP contribution >= 0.6 is 0 Å². The molecule has 0 aliphatic carbocycles. The average molecular weight is 463 g/mol. The van der Waals surface area contributed by atoms with Gasteiger partial charge >= 0.3 is 6.03 Å². The van der Waals surface area contributed by atoms with Crippen LogP contribution in [0.1, 0.15) is 56.6 Å². The summed E-state index contributed by atoms with van der Waals surface area (Å²) in [6.45, 7) is 5.97. The minimum Gasteiger partial charge on any atom is -0.356 e. The number of urea groups is 1. The molecule has 1 fully saturated rings. The van der Waals surface area contributed by atoms with Gasteiger partial charge in [0.15, 0.2) is 0 Å². The number of para-hydroxylation sites is 1. The van der Waals surface area contributed by atoms with Crippen molar-refractivity contribution in [2.24, 2.45) is 0 Å². The molecule has 0 bridgehead atoms. The zero-order valence-corrected chi connectivity index (χ0v) is 20.4. The Morgan fingerprint density at radius 3 is 2.59 bits per heavy atom. The Hall–Kier alpha value is -2.86. The molecule has 1 unspecified atom stereocenters. The smallest absolute Gasteiger partial charge is 0.326 e.